The molecule has 1 aliphatic heterocycles. The van der Waals surface area contributed by atoms with Crippen molar-refractivity contribution in [1.29, 1.82) is 0 Å². The Labute approximate surface area is 128 Å². The predicted molar refractivity (Wildman–Crippen MR) is 83.0 cm³/mol. The van der Waals surface area contributed by atoms with Gasteiger partial charge in [-0.1, -0.05) is 6.42 Å². The number of nitrogens with zero attached hydrogens (tertiary/aromatic N) is 1. The van der Waals surface area contributed by atoms with E-state index in [1.54, 1.807) is 7.11 Å². The molecule has 0 unspecified atom stereocenters. The van der Waals surface area contributed by atoms with Crippen molar-refractivity contribution in [1.82, 2.24) is 10.2 Å². The number of hydrogen-bond donors (Lipinski definition) is 1. The number of carbonyl (C=O) groups excluding carboxylic acids is 1. The Kier molecular flexibility index (Phi) is 5.17. The molecule has 3 rings (SSSR count). The van der Waals surface area contributed by atoms with Gasteiger partial charge in [-0.15, -0.1) is 0 Å². The second kappa shape index (κ2) is 7.10. The summed E-state index contributed by atoms with van der Waals surface area (Å²) in [4.78, 5) is 14.5. The van der Waals surface area contributed by atoms with Gasteiger partial charge in [0.25, 0.3) is 0 Å². The zero-order valence-electron chi connectivity index (χ0n) is 13.4. The first kappa shape index (κ1) is 15.3. The Morgan fingerprint density at radius 3 is 2.62 bits per heavy atom. The molecular weight excluding hydrogens is 264 g/mol. The van der Waals surface area contributed by atoms with Crippen molar-refractivity contribution in [3.63, 3.8) is 0 Å². The van der Waals surface area contributed by atoms with Crippen LogP contribution in [0.3, 0.4) is 0 Å². The van der Waals surface area contributed by atoms with Gasteiger partial charge in [-0.2, -0.15) is 0 Å². The maximum Gasteiger partial charge on any atom is 0.220 e. The van der Waals surface area contributed by atoms with E-state index >= 15 is 0 Å². The maximum absolute atomic E-state index is 12.1. The fourth-order valence-electron chi connectivity index (χ4n) is 4.66. The summed E-state index contributed by atoms with van der Waals surface area (Å²) in [6, 6.07) is 0. The van der Waals surface area contributed by atoms with Crippen molar-refractivity contribution >= 4 is 5.91 Å². The van der Waals surface area contributed by atoms with Gasteiger partial charge in [0.15, 0.2) is 0 Å². The number of fused-ring (bicyclic) bond motifs is 2. The van der Waals surface area contributed by atoms with E-state index < -0.39 is 0 Å². The molecule has 0 aromatic carbocycles. The molecule has 3 atom stereocenters. The van der Waals surface area contributed by atoms with Gasteiger partial charge in [0, 0.05) is 39.7 Å². The van der Waals surface area contributed by atoms with E-state index in [1.165, 1.54) is 25.7 Å². The van der Waals surface area contributed by atoms with E-state index in [0.717, 1.165) is 57.3 Å². The third-order valence-corrected chi connectivity index (χ3v) is 5.95. The Morgan fingerprint density at radius 1 is 1.19 bits per heavy atom. The summed E-state index contributed by atoms with van der Waals surface area (Å²) in [5.41, 5.74) is 0. The van der Waals surface area contributed by atoms with Crippen molar-refractivity contribution in [3.8, 4) is 0 Å². The highest BCUT2D eigenvalue weighted by molar-refractivity contribution is 5.76. The van der Waals surface area contributed by atoms with E-state index in [2.05, 4.69) is 10.2 Å². The van der Waals surface area contributed by atoms with E-state index in [-0.39, 0.29) is 5.91 Å². The van der Waals surface area contributed by atoms with Gasteiger partial charge < -0.3 is 15.0 Å². The van der Waals surface area contributed by atoms with Crippen LogP contribution in [0.2, 0.25) is 0 Å². The summed E-state index contributed by atoms with van der Waals surface area (Å²) in [5.74, 6) is 2.75. The van der Waals surface area contributed by atoms with E-state index in [4.69, 9.17) is 4.74 Å². The molecule has 0 aromatic rings. The van der Waals surface area contributed by atoms with Gasteiger partial charge in [-0.05, 0) is 49.9 Å². The maximum atomic E-state index is 12.1. The molecule has 4 heteroatoms. The molecule has 1 N–H and O–H groups in total. The number of ether oxygens (including phenoxy) is 1. The zero-order valence-corrected chi connectivity index (χ0v) is 13.4. The first-order chi connectivity index (χ1) is 10.2. The molecule has 1 heterocycles. The largest absolute Gasteiger partial charge is 0.381 e. The average Bonchev–Trinajstić information content (AvgIpc) is 3.10. The van der Waals surface area contributed by atoms with Gasteiger partial charge in [0.1, 0.15) is 0 Å². The fourth-order valence-corrected chi connectivity index (χ4v) is 4.66. The molecule has 2 aliphatic carbocycles. The van der Waals surface area contributed by atoms with Gasteiger partial charge in [0.2, 0.25) is 5.91 Å². The van der Waals surface area contributed by atoms with Crippen molar-refractivity contribution < 1.29 is 9.53 Å². The minimum absolute atomic E-state index is 0.277. The van der Waals surface area contributed by atoms with Crippen molar-refractivity contribution in [2.75, 3.05) is 33.3 Å². The zero-order chi connectivity index (χ0) is 14.7. The molecule has 3 fully saturated rings. The van der Waals surface area contributed by atoms with Gasteiger partial charge in [-0.25, -0.2) is 0 Å². The molecule has 120 valence electrons. The van der Waals surface area contributed by atoms with E-state index in [1.807, 2.05) is 0 Å². The molecule has 0 radical (unpaired) electrons. The Hall–Kier alpha value is -0.610. The number of amides is 1. The van der Waals surface area contributed by atoms with Crippen LogP contribution in [0.1, 0.15) is 44.9 Å². The summed E-state index contributed by atoms with van der Waals surface area (Å²) in [6.07, 6.45) is 8.94. The quantitative estimate of drug-likeness (QED) is 0.815. The summed E-state index contributed by atoms with van der Waals surface area (Å²) in [5, 5.41) is 3.13. The molecule has 21 heavy (non-hydrogen) atoms. The monoisotopic (exact) mass is 294 g/mol. The molecule has 1 saturated heterocycles. The molecule has 3 aliphatic rings. The summed E-state index contributed by atoms with van der Waals surface area (Å²) >= 11 is 0. The number of likely N-dealkylation sites (tertiary alicyclic amines) is 1. The van der Waals surface area contributed by atoms with Crippen LogP contribution in [-0.4, -0.2) is 50.2 Å². The standard InChI is InChI=1S/C17H30N2O2/c1-21-16-4-7-19(8-5-16)9-6-18-17(20)12-15-11-13-2-3-14(15)10-13/h13-16H,2-12H2,1H3,(H,18,20)/t13-,14-,15-/m0/s1. The second-order valence-corrected chi connectivity index (χ2v) is 7.27. The van der Waals surface area contributed by atoms with Crippen LogP contribution in [0.15, 0.2) is 0 Å². The lowest BCUT2D eigenvalue weighted by Gasteiger charge is -2.31. The number of carbonyl (C=O) groups is 1. The van der Waals surface area contributed by atoms with Crippen molar-refractivity contribution in [3.05, 3.63) is 0 Å². The molecule has 4 nitrogen and oxygen atoms in total. The lowest BCUT2D eigenvalue weighted by atomic mass is 9.86. The van der Waals surface area contributed by atoms with Crippen LogP contribution in [0.5, 0.6) is 0 Å². The highest BCUT2D eigenvalue weighted by atomic mass is 16.5. The van der Waals surface area contributed by atoms with Crippen LogP contribution in [0, 0.1) is 17.8 Å². The van der Waals surface area contributed by atoms with Crippen LogP contribution in [-0.2, 0) is 9.53 Å². The smallest absolute Gasteiger partial charge is 0.220 e. The highest BCUT2D eigenvalue weighted by Gasteiger charge is 2.39. The van der Waals surface area contributed by atoms with Crippen molar-refractivity contribution in [2.24, 2.45) is 17.8 Å². The van der Waals surface area contributed by atoms with E-state index in [9.17, 15) is 4.79 Å². The predicted octanol–water partition coefficient (Wildman–Crippen LogP) is 2.04. The molecule has 0 spiro atoms. The normalized spacial score (nSPS) is 33.5. The molecule has 0 aromatic heterocycles. The first-order valence-corrected chi connectivity index (χ1v) is 8.76. The second-order valence-electron chi connectivity index (χ2n) is 7.27. The number of nitrogens with one attached hydrogen (secondary N) is 1. The topological polar surface area (TPSA) is 41.6 Å². The SMILES string of the molecule is COC1CCN(CCNC(=O)C[C@@H]2C[C@H]3CC[C@H]2C3)CC1. The highest BCUT2D eigenvalue weighted by Crippen LogP contribution is 2.49. The Morgan fingerprint density at radius 2 is 2.00 bits per heavy atom. The van der Waals surface area contributed by atoms with Gasteiger partial charge in [-0.3, -0.25) is 4.79 Å². The number of methoxy groups -OCH3 is 1. The lowest BCUT2D eigenvalue weighted by molar-refractivity contribution is -0.122. The minimum Gasteiger partial charge on any atom is -0.381 e. The number of rotatable bonds is 6. The average molecular weight is 294 g/mol. The fraction of sp³-hybridized carbons (Fsp3) is 0.941. The first-order valence-electron chi connectivity index (χ1n) is 8.76. The summed E-state index contributed by atoms with van der Waals surface area (Å²) < 4.78 is 5.38. The lowest BCUT2D eigenvalue weighted by Crippen LogP contribution is -2.41. The van der Waals surface area contributed by atoms with Crippen LogP contribution in [0.4, 0.5) is 0 Å². The molecule has 2 saturated carbocycles. The third-order valence-electron chi connectivity index (χ3n) is 5.95. The Balaban J connectivity index is 1.28. The molecule has 1 amide bonds. The number of hydrogen-bond acceptors (Lipinski definition) is 3. The van der Waals surface area contributed by atoms with Crippen LogP contribution < -0.4 is 5.32 Å². The van der Waals surface area contributed by atoms with Crippen LogP contribution in [0.25, 0.3) is 0 Å². The third kappa shape index (κ3) is 3.98. The van der Waals surface area contributed by atoms with Crippen LogP contribution >= 0.6 is 0 Å². The summed E-state index contributed by atoms with van der Waals surface area (Å²) in [6.45, 7) is 3.98. The van der Waals surface area contributed by atoms with Gasteiger partial charge in [0.05, 0.1) is 6.10 Å². The molecule has 2 bridgehead atoms. The Bertz CT molecular complexity index is 353. The minimum atomic E-state index is 0.277. The number of piperidine rings is 1. The molecular formula is C17H30N2O2. The summed E-state index contributed by atoms with van der Waals surface area (Å²) in [7, 11) is 1.80. The van der Waals surface area contributed by atoms with E-state index in [0.29, 0.717) is 12.0 Å². The van der Waals surface area contributed by atoms with Crippen molar-refractivity contribution in [2.45, 2.75) is 51.0 Å². The van der Waals surface area contributed by atoms with Gasteiger partial charge >= 0.3 is 0 Å².